The molecular weight excluding hydrogens is 790 g/mol. The Bertz CT molecular complexity index is 1600. The standard InChI is InChI=1S/2C22H30O4.2O.2V/c2*1-13(23)20(14(2)24)11-17-8-18(10-19(9-17)22(5,6)7)12-21(15(3)25)16(4)26;;;;/h2*8-10,23,25H,11-12H2,1-7H3;;;;/b2*20-13-,21-15-;;;;. The van der Waals surface area contributed by atoms with Crippen molar-refractivity contribution in [3.8, 4) is 0 Å². The van der Waals surface area contributed by atoms with Crippen molar-refractivity contribution in [2.24, 2.45) is 0 Å². The van der Waals surface area contributed by atoms with Gasteiger partial charge in [0.15, 0.2) is 23.1 Å². The molecule has 4 N–H and O–H groups in total. The number of aliphatic hydroxyl groups is 4. The molecule has 0 spiro atoms. The van der Waals surface area contributed by atoms with Crippen LogP contribution in [0.3, 0.4) is 0 Å². The molecule has 0 unspecified atom stereocenters. The molecule has 56 heavy (non-hydrogen) atoms. The second-order valence-corrected chi connectivity index (χ2v) is 15.8. The Kier molecular flexibility index (Phi) is 23.8. The summed E-state index contributed by atoms with van der Waals surface area (Å²) in [6, 6.07) is 12.0. The maximum absolute atomic E-state index is 11.8. The average Bonchev–Trinajstić information content (AvgIpc) is 3.07. The van der Waals surface area contributed by atoms with Crippen molar-refractivity contribution in [2.75, 3.05) is 0 Å². The number of allylic oxidation sites excluding steroid dienone is 8. The predicted octanol–water partition coefficient (Wildman–Crippen LogP) is 9.58. The molecule has 2 aromatic carbocycles. The zero-order chi connectivity index (χ0) is 44.5. The fourth-order valence-corrected chi connectivity index (χ4v) is 5.64. The van der Waals surface area contributed by atoms with E-state index in [9.17, 15) is 39.6 Å². The number of hydrogen-bond acceptors (Lipinski definition) is 10. The zero-order valence-corrected chi connectivity index (χ0v) is 38.2. The van der Waals surface area contributed by atoms with Crippen molar-refractivity contribution in [2.45, 2.75) is 133 Å². The summed E-state index contributed by atoms with van der Waals surface area (Å²) in [5.74, 6) is -0.559. The van der Waals surface area contributed by atoms with E-state index in [2.05, 4.69) is 41.5 Å². The average molecular weight is 851 g/mol. The van der Waals surface area contributed by atoms with E-state index in [1.807, 2.05) is 36.4 Å². The molecule has 0 heterocycles. The molecule has 0 fully saturated rings. The van der Waals surface area contributed by atoms with E-state index in [0.717, 1.165) is 68.1 Å². The first-order chi connectivity index (χ1) is 25.6. The molecule has 2 aromatic rings. The number of ketones is 4. The van der Waals surface area contributed by atoms with Crippen molar-refractivity contribution in [1.82, 2.24) is 0 Å². The van der Waals surface area contributed by atoms with Crippen LogP contribution in [0, 0.1) is 0 Å². The van der Waals surface area contributed by atoms with Crippen molar-refractivity contribution < 1.29 is 81.7 Å². The van der Waals surface area contributed by atoms with E-state index in [1.165, 1.54) is 55.4 Å². The third-order valence-corrected chi connectivity index (χ3v) is 8.81. The molecule has 0 bridgehead atoms. The summed E-state index contributed by atoms with van der Waals surface area (Å²) < 4.78 is 16.4. The number of benzene rings is 2. The monoisotopic (exact) mass is 850 g/mol. The van der Waals surface area contributed by atoms with Gasteiger partial charge in [-0.25, -0.2) is 0 Å². The van der Waals surface area contributed by atoms with Gasteiger partial charge >= 0.3 is 42.1 Å². The third-order valence-electron chi connectivity index (χ3n) is 8.81. The van der Waals surface area contributed by atoms with Crippen molar-refractivity contribution >= 4 is 23.1 Å². The van der Waals surface area contributed by atoms with Crippen LogP contribution in [-0.4, -0.2) is 43.6 Å². The Balaban J connectivity index is 0. The molecule has 0 aromatic heterocycles. The number of carbonyl (C=O) groups excluding carboxylic acids is 4. The summed E-state index contributed by atoms with van der Waals surface area (Å²) in [4.78, 5) is 47.2. The Morgan fingerprint density at radius 3 is 0.661 bits per heavy atom. The zero-order valence-electron chi connectivity index (χ0n) is 35.4. The van der Waals surface area contributed by atoms with Gasteiger partial charge in [0, 0.05) is 48.0 Å². The van der Waals surface area contributed by atoms with Crippen LogP contribution in [0.1, 0.15) is 130 Å². The number of Topliss-reactive ketones (excluding diaryl/α,β-unsaturated/α-hetero) is 4. The van der Waals surface area contributed by atoms with Crippen LogP contribution in [0.15, 0.2) is 81.7 Å². The van der Waals surface area contributed by atoms with Crippen LogP contribution in [0.25, 0.3) is 0 Å². The summed E-state index contributed by atoms with van der Waals surface area (Å²) in [6.07, 6.45) is 1.30. The van der Waals surface area contributed by atoms with Gasteiger partial charge in [-0.1, -0.05) is 77.9 Å². The first-order valence-corrected chi connectivity index (χ1v) is 19.0. The molecule has 0 saturated heterocycles. The Morgan fingerprint density at radius 2 is 0.554 bits per heavy atom. The van der Waals surface area contributed by atoms with Gasteiger partial charge in [-0.3, -0.25) is 19.2 Å². The minimum atomic E-state index is -0.164. The van der Waals surface area contributed by atoms with Gasteiger partial charge < -0.3 is 20.4 Å². The number of aliphatic hydroxyl groups excluding tert-OH is 4. The van der Waals surface area contributed by atoms with Crippen LogP contribution in [0.2, 0.25) is 0 Å². The van der Waals surface area contributed by atoms with Gasteiger partial charge in [-0.05, 0) is 99.6 Å². The van der Waals surface area contributed by atoms with Gasteiger partial charge in [-0.2, -0.15) is 0 Å². The molecule has 0 saturated carbocycles. The van der Waals surface area contributed by atoms with Crippen LogP contribution < -0.4 is 0 Å². The van der Waals surface area contributed by atoms with Gasteiger partial charge in [0.2, 0.25) is 0 Å². The summed E-state index contributed by atoms with van der Waals surface area (Å²) in [7, 11) is 0. The molecular formula is C44H60O10V2. The van der Waals surface area contributed by atoms with Gasteiger partial charge in [-0.15, -0.1) is 0 Å². The summed E-state index contributed by atoms with van der Waals surface area (Å²) >= 11 is 2.12. The minimum absolute atomic E-state index is 0.0238. The van der Waals surface area contributed by atoms with Crippen LogP contribution in [0.4, 0.5) is 0 Å². The number of hydrogen-bond donors (Lipinski definition) is 4. The molecule has 0 amide bonds. The quantitative estimate of drug-likeness (QED) is 0.119. The van der Waals surface area contributed by atoms with Crippen molar-refractivity contribution in [3.05, 3.63) is 115 Å². The van der Waals surface area contributed by atoms with Gasteiger partial charge in [0.1, 0.15) is 0 Å². The van der Waals surface area contributed by atoms with Gasteiger partial charge in [0.05, 0.1) is 23.0 Å². The number of rotatable bonds is 12. The Morgan fingerprint density at radius 1 is 0.393 bits per heavy atom. The first kappa shape index (κ1) is 54.1. The van der Waals surface area contributed by atoms with Crippen LogP contribution in [0.5, 0.6) is 0 Å². The molecule has 0 aliphatic rings. The first-order valence-electron chi connectivity index (χ1n) is 17.9. The van der Waals surface area contributed by atoms with Gasteiger partial charge in [0.25, 0.3) is 0 Å². The molecule has 0 aliphatic carbocycles. The van der Waals surface area contributed by atoms with E-state index < -0.39 is 0 Å². The van der Waals surface area contributed by atoms with E-state index >= 15 is 0 Å². The van der Waals surface area contributed by atoms with Crippen molar-refractivity contribution in [3.63, 3.8) is 0 Å². The topological polar surface area (TPSA) is 183 Å². The maximum atomic E-state index is 11.8. The molecule has 12 heteroatoms. The Labute approximate surface area is 351 Å². The summed E-state index contributed by atoms with van der Waals surface area (Å²) in [5, 5.41) is 39.2. The fourth-order valence-electron chi connectivity index (χ4n) is 5.64. The van der Waals surface area contributed by atoms with Crippen LogP contribution in [-0.2, 0) is 97.8 Å². The van der Waals surface area contributed by atoms with E-state index in [4.69, 9.17) is 7.35 Å². The molecule has 0 aliphatic heterocycles. The van der Waals surface area contributed by atoms with Crippen molar-refractivity contribution in [1.29, 1.82) is 0 Å². The molecule has 2 rings (SSSR count). The molecule has 0 radical (unpaired) electrons. The third kappa shape index (κ3) is 18.8. The predicted molar refractivity (Wildman–Crippen MR) is 211 cm³/mol. The fraction of sp³-hybridized carbons (Fsp3) is 0.455. The SMILES string of the molecule is CC(=O)/C(Cc1cc(C/C(C(C)=O)=C(\C)O)cc(C(C)(C)C)c1)=C(/C)O.CC(=O)/C(Cc1cc(C/C(C(C)=O)=C(\C)O)cc(C(C)(C)C)c1)=C(/C)O.[O]=[V].[O]=[V]. The van der Waals surface area contributed by atoms with E-state index in [-0.39, 0.29) is 57.0 Å². The number of carbonyl (C=O) groups is 4. The molecule has 0 atom stereocenters. The summed E-state index contributed by atoms with van der Waals surface area (Å²) in [5.41, 5.74) is 6.99. The van der Waals surface area contributed by atoms with E-state index in [0.29, 0.717) is 48.0 Å². The van der Waals surface area contributed by atoms with Crippen LogP contribution >= 0.6 is 0 Å². The summed E-state index contributed by atoms with van der Waals surface area (Å²) in [6.45, 7) is 24.3. The molecule has 306 valence electrons. The van der Waals surface area contributed by atoms with E-state index in [1.54, 1.807) is 0 Å². The Hall–Kier alpha value is -3.95. The molecule has 10 nitrogen and oxygen atoms in total. The second-order valence-electron chi connectivity index (χ2n) is 15.8. The normalized spacial score (nSPS) is 12.9. The second kappa shape index (κ2) is 24.6.